The van der Waals surface area contributed by atoms with Gasteiger partial charge in [0.25, 0.3) is 0 Å². The average Bonchev–Trinajstić information content (AvgIpc) is 3.57. The molecule has 196 valence electrons. The molecule has 0 bridgehead atoms. The molecular weight excluding hydrogens is 491 g/mol. The molecule has 1 aliphatic heterocycles. The van der Waals surface area contributed by atoms with Gasteiger partial charge in [-0.15, -0.1) is 0 Å². The van der Waals surface area contributed by atoms with Gasteiger partial charge in [0.1, 0.15) is 0 Å². The Bertz CT molecular complexity index is 1650. The number of aliphatic imine (C=N–C) groups is 1. The minimum absolute atomic E-state index is 0.521. The van der Waals surface area contributed by atoms with E-state index in [-0.39, 0.29) is 0 Å². The van der Waals surface area contributed by atoms with Crippen LogP contribution in [0.4, 0.5) is 0 Å². The fourth-order valence-corrected chi connectivity index (χ4v) is 5.29. The van der Waals surface area contributed by atoms with E-state index in [1.165, 1.54) is 0 Å². The Kier molecular flexibility index (Phi) is 7.58. The number of nitrogens with zero attached hydrogens (tertiary/aromatic N) is 2. The molecule has 0 amide bonds. The highest BCUT2D eigenvalue weighted by Gasteiger charge is 2.30. The van der Waals surface area contributed by atoms with Gasteiger partial charge in [0.2, 0.25) is 0 Å². The van der Waals surface area contributed by atoms with E-state index in [1.54, 1.807) is 0 Å². The fraction of sp³-hybridized carbons (Fsp3) is 0.114. The van der Waals surface area contributed by atoms with Crippen molar-refractivity contribution < 1.29 is 9.31 Å². The topological polar surface area (TPSA) is 35.8 Å². The number of rotatable bonds is 9. The van der Waals surface area contributed by atoms with Crippen LogP contribution in [-0.2, 0) is 9.31 Å². The van der Waals surface area contributed by atoms with Crippen LogP contribution in [0.1, 0.15) is 36.2 Å². The summed E-state index contributed by atoms with van der Waals surface area (Å²) in [6.45, 7) is 5.04. The molecule has 1 aromatic heterocycles. The van der Waals surface area contributed by atoms with Crippen LogP contribution in [0.2, 0.25) is 0 Å². The summed E-state index contributed by atoms with van der Waals surface area (Å²) >= 11 is 0. The van der Waals surface area contributed by atoms with Gasteiger partial charge in [0, 0.05) is 46.9 Å². The van der Waals surface area contributed by atoms with Crippen LogP contribution in [0, 0.1) is 0 Å². The molecule has 0 N–H and O–H groups in total. The molecule has 2 heterocycles. The molecular formula is C35H31BN2O2. The molecule has 6 rings (SSSR count). The van der Waals surface area contributed by atoms with E-state index >= 15 is 0 Å². The first-order valence-electron chi connectivity index (χ1n) is 13.8. The first kappa shape index (κ1) is 25.8. The standard InChI is InChI=1S/C35H31BN2O2/c1-3-39-36(40-4-2)38-33(27-18-10-6-11-19-27)24-31(26-16-8-5-9-17-26)34(38)25-32-29-22-14-15-23-30(29)35(37-32)28-20-12-7-13-21-28/h5-25H,3-4H2,1-2H3/b32-25-. The maximum absolute atomic E-state index is 6.22. The highest BCUT2D eigenvalue weighted by molar-refractivity contribution is 6.44. The summed E-state index contributed by atoms with van der Waals surface area (Å²) in [6.07, 6.45) is 2.19. The summed E-state index contributed by atoms with van der Waals surface area (Å²) in [5.41, 5.74) is 10.6. The summed E-state index contributed by atoms with van der Waals surface area (Å²) in [6, 6.07) is 42.0. The zero-order valence-electron chi connectivity index (χ0n) is 22.8. The fourth-order valence-electron chi connectivity index (χ4n) is 5.29. The molecule has 0 spiro atoms. The number of hydrogen-bond donors (Lipinski definition) is 0. The van der Waals surface area contributed by atoms with Crippen molar-refractivity contribution in [2.45, 2.75) is 13.8 Å². The third-order valence-electron chi connectivity index (χ3n) is 7.07. The second-order valence-electron chi connectivity index (χ2n) is 9.55. The smallest absolute Gasteiger partial charge is 0.392 e. The summed E-state index contributed by atoms with van der Waals surface area (Å²) < 4.78 is 14.6. The monoisotopic (exact) mass is 522 g/mol. The van der Waals surface area contributed by atoms with Crippen LogP contribution in [0.15, 0.2) is 126 Å². The molecule has 5 heteroatoms. The molecule has 5 aromatic rings. The van der Waals surface area contributed by atoms with E-state index in [9.17, 15) is 0 Å². The maximum atomic E-state index is 6.22. The highest BCUT2D eigenvalue weighted by atomic mass is 16.6. The molecule has 0 fully saturated rings. The van der Waals surface area contributed by atoms with Crippen molar-refractivity contribution in [3.63, 3.8) is 0 Å². The third-order valence-corrected chi connectivity index (χ3v) is 7.07. The molecule has 0 saturated heterocycles. The number of aromatic nitrogens is 1. The SMILES string of the molecule is CCOB(OCC)n1c(-c2ccccc2)cc(-c2ccccc2)c1/C=C1\N=C(c2ccccc2)c2ccccc21. The van der Waals surface area contributed by atoms with Crippen molar-refractivity contribution in [3.8, 4) is 22.4 Å². The van der Waals surface area contributed by atoms with Gasteiger partial charge < -0.3 is 13.8 Å². The molecule has 0 atom stereocenters. The first-order valence-corrected chi connectivity index (χ1v) is 13.8. The van der Waals surface area contributed by atoms with Crippen molar-refractivity contribution in [1.29, 1.82) is 0 Å². The predicted octanol–water partition coefficient (Wildman–Crippen LogP) is 8.08. The lowest BCUT2D eigenvalue weighted by molar-refractivity contribution is 0.205. The van der Waals surface area contributed by atoms with Gasteiger partial charge in [0.15, 0.2) is 0 Å². The van der Waals surface area contributed by atoms with Crippen molar-refractivity contribution in [2.75, 3.05) is 13.2 Å². The quantitative estimate of drug-likeness (QED) is 0.184. The van der Waals surface area contributed by atoms with Gasteiger partial charge in [0.05, 0.1) is 11.4 Å². The highest BCUT2D eigenvalue weighted by Crippen LogP contribution is 2.38. The van der Waals surface area contributed by atoms with Crippen LogP contribution in [0.25, 0.3) is 34.2 Å². The lowest BCUT2D eigenvalue weighted by atomic mass is 9.98. The lowest BCUT2D eigenvalue weighted by Crippen LogP contribution is -2.34. The van der Waals surface area contributed by atoms with Crippen molar-refractivity contribution in [2.24, 2.45) is 4.99 Å². The third kappa shape index (κ3) is 4.97. The Hall–Kier alpha value is -4.45. The Morgan fingerprint density at radius 3 is 1.75 bits per heavy atom. The normalized spacial score (nSPS) is 13.3. The second-order valence-corrected chi connectivity index (χ2v) is 9.55. The molecule has 4 nitrogen and oxygen atoms in total. The zero-order chi connectivity index (χ0) is 27.3. The van der Waals surface area contributed by atoms with Crippen molar-refractivity contribution in [1.82, 2.24) is 4.48 Å². The number of benzene rings is 4. The molecule has 40 heavy (non-hydrogen) atoms. The summed E-state index contributed by atoms with van der Waals surface area (Å²) in [7, 11) is -0.594. The van der Waals surface area contributed by atoms with Crippen molar-refractivity contribution >= 4 is 24.7 Å². The van der Waals surface area contributed by atoms with Gasteiger partial charge in [-0.2, -0.15) is 0 Å². The average molecular weight is 522 g/mol. The van der Waals surface area contributed by atoms with E-state index in [0.29, 0.717) is 13.2 Å². The van der Waals surface area contributed by atoms with E-state index in [0.717, 1.165) is 56.2 Å². The Morgan fingerprint density at radius 1 is 0.625 bits per heavy atom. The molecule has 4 aromatic carbocycles. The minimum Gasteiger partial charge on any atom is -0.392 e. The maximum Gasteiger partial charge on any atom is 0.597 e. The minimum atomic E-state index is -0.594. The molecule has 0 unspecified atom stereocenters. The van der Waals surface area contributed by atoms with E-state index < -0.39 is 7.25 Å². The van der Waals surface area contributed by atoms with E-state index in [4.69, 9.17) is 14.3 Å². The predicted molar refractivity (Wildman–Crippen MR) is 166 cm³/mol. The second kappa shape index (κ2) is 11.7. The van der Waals surface area contributed by atoms with Gasteiger partial charge in [-0.25, -0.2) is 4.99 Å². The van der Waals surface area contributed by atoms with Crippen LogP contribution in [0.3, 0.4) is 0 Å². The summed E-state index contributed by atoms with van der Waals surface area (Å²) in [4.78, 5) is 5.21. The molecule has 0 aliphatic carbocycles. The first-order chi connectivity index (χ1) is 19.8. The summed E-state index contributed by atoms with van der Waals surface area (Å²) in [5.74, 6) is 0. The lowest BCUT2D eigenvalue weighted by Gasteiger charge is -2.19. The van der Waals surface area contributed by atoms with Crippen LogP contribution in [-0.4, -0.2) is 30.7 Å². The van der Waals surface area contributed by atoms with Gasteiger partial charge in [-0.05, 0) is 37.1 Å². The number of hydrogen-bond acceptors (Lipinski definition) is 3. The van der Waals surface area contributed by atoms with Crippen LogP contribution < -0.4 is 0 Å². The molecule has 0 saturated carbocycles. The largest absolute Gasteiger partial charge is 0.597 e. The Labute approximate surface area is 236 Å². The van der Waals surface area contributed by atoms with Crippen LogP contribution >= 0.6 is 0 Å². The van der Waals surface area contributed by atoms with Gasteiger partial charge in [-0.3, -0.25) is 0 Å². The summed E-state index contributed by atoms with van der Waals surface area (Å²) in [5, 5.41) is 0. The molecule has 0 radical (unpaired) electrons. The van der Waals surface area contributed by atoms with Crippen LogP contribution in [0.5, 0.6) is 0 Å². The van der Waals surface area contributed by atoms with Crippen molar-refractivity contribution in [3.05, 3.63) is 144 Å². The van der Waals surface area contributed by atoms with E-state index in [1.807, 2.05) is 32.0 Å². The van der Waals surface area contributed by atoms with Gasteiger partial charge >= 0.3 is 7.25 Å². The molecule has 1 aliphatic rings. The Morgan fingerprint density at radius 2 is 1.15 bits per heavy atom. The number of fused-ring (bicyclic) bond motifs is 1. The zero-order valence-corrected chi connectivity index (χ0v) is 22.8. The van der Waals surface area contributed by atoms with E-state index in [2.05, 4.69) is 114 Å². The Balaban J connectivity index is 1.64. The van der Waals surface area contributed by atoms with Gasteiger partial charge in [-0.1, -0.05) is 115 Å².